The molecule has 190 valence electrons. The van der Waals surface area contributed by atoms with Crippen molar-refractivity contribution in [2.45, 2.75) is 62.1 Å². The van der Waals surface area contributed by atoms with Gasteiger partial charge in [-0.3, -0.25) is 9.80 Å². The number of ether oxygens (including phenoxy) is 2. The Hall–Kier alpha value is -2.66. The maximum atomic E-state index is 13.3. The molecule has 6 rings (SSSR count). The van der Waals surface area contributed by atoms with Gasteiger partial charge in [-0.05, 0) is 39.8 Å². The van der Waals surface area contributed by atoms with Crippen molar-refractivity contribution < 1.29 is 27.9 Å². The van der Waals surface area contributed by atoms with E-state index < -0.39 is 23.4 Å². The number of aromatic nitrogens is 2. The number of halogens is 2. The second-order valence-corrected chi connectivity index (χ2v) is 10.6. The van der Waals surface area contributed by atoms with Gasteiger partial charge in [0.15, 0.2) is 35.8 Å². The van der Waals surface area contributed by atoms with Gasteiger partial charge in [0.05, 0.1) is 23.5 Å². The van der Waals surface area contributed by atoms with Crippen LogP contribution in [0.15, 0.2) is 44.1 Å². The largest absolute Gasteiger partial charge is 0.444 e. The monoisotopic (exact) mass is 534 g/mol. The predicted molar refractivity (Wildman–Crippen MR) is 127 cm³/mol. The minimum Gasteiger partial charge on any atom is -0.444 e. The highest BCUT2D eigenvalue weighted by molar-refractivity contribution is 6.34. The Bertz CT molecular complexity index is 1180. The number of fused-ring (bicyclic) bond motifs is 4. The topological polar surface area (TPSA) is 111 Å². The van der Waals surface area contributed by atoms with E-state index in [1.807, 2.05) is 23.9 Å². The Balaban J connectivity index is 1.32. The van der Waals surface area contributed by atoms with Gasteiger partial charge < -0.3 is 18.3 Å². The lowest BCUT2D eigenvalue weighted by Gasteiger charge is -2.43. The molecule has 2 aromatic rings. The van der Waals surface area contributed by atoms with Gasteiger partial charge in [-0.2, -0.15) is 0 Å². The van der Waals surface area contributed by atoms with Crippen LogP contribution in [-0.2, 0) is 19.1 Å². The fraction of sp³-hybridized carbons (Fsp3) is 0.500. The van der Waals surface area contributed by atoms with Gasteiger partial charge in [0, 0.05) is 35.0 Å². The number of oxazole rings is 2. The highest BCUT2D eigenvalue weighted by Crippen LogP contribution is 2.54. The van der Waals surface area contributed by atoms with E-state index in [1.54, 1.807) is 0 Å². The lowest BCUT2D eigenvalue weighted by atomic mass is 9.95. The van der Waals surface area contributed by atoms with Crippen LogP contribution in [0.4, 0.5) is 0 Å². The molecule has 4 atom stereocenters. The minimum atomic E-state index is -1.27. The summed E-state index contributed by atoms with van der Waals surface area (Å²) >= 11 is 13.3. The van der Waals surface area contributed by atoms with Crippen molar-refractivity contribution in [1.82, 2.24) is 19.8 Å². The SMILES string of the molecule is CN1C2CCC1(OC(=O)C(=O)OC13CCC(CC(Cl)=C1c1cnco1)N3C)C(c1cnco1)=C(Cl)C2. The van der Waals surface area contributed by atoms with Crippen molar-refractivity contribution in [2.24, 2.45) is 0 Å². The van der Waals surface area contributed by atoms with Gasteiger partial charge in [-0.15, -0.1) is 0 Å². The van der Waals surface area contributed by atoms with Gasteiger partial charge >= 0.3 is 11.9 Å². The molecule has 4 unspecified atom stereocenters. The fourth-order valence-corrected chi connectivity index (χ4v) is 7.08. The summed E-state index contributed by atoms with van der Waals surface area (Å²) in [5.74, 6) is -1.48. The van der Waals surface area contributed by atoms with Crippen LogP contribution in [0, 0.1) is 0 Å². The summed E-state index contributed by atoms with van der Waals surface area (Å²) in [6.45, 7) is 0. The van der Waals surface area contributed by atoms with Crippen molar-refractivity contribution in [2.75, 3.05) is 14.1 Å². The standard InChI is InChI=1S/C24H24Cl2N4O6/c1-29-13-3-5-23(29,19(15(25)7-13)17-9-27-11-33-17)35-21(31)22(32)36-24-6-4-14(30(24)2)8-16(26)20(24)18-10-28-12-34-18/h9-14H,3-8H2,1-2H3. The Kier molecular flexibility index (Phi) is 5.56. The molecule has 0 spiro atoms. The summed E-state index contributed by atoms with van der Waals surface area (Å²) in [7, 11) is 3.69. The van der Waals surface area contributed by atoms with E-state index in [0.717, 1.165) is 12.8 Å². The van der Waals surface area contributed by atoms with E-state index >= 15 is 0 Å². The van der Waals surface area contributed by atoms with Crippen molar-refractivity contribution >= 4 is 46.3 Å². The molecule has 10 nitrogen and oxygen atoms in total. The lowest BCUT2D eigenvalue weighted by molar-refractivity contribution is -0.193. The maximum absolute atomic E-state index is 13.3. The zero-order chi connectivity index (χ0) is 25.2. The van der Waals surface area contributed by atoms with Gasteiger partial charge in [0.25, 0.3) is 0 Å². The highest BCUT2D eigenvalue weighted by Gasteiger charge is 2.59. The normalized spacial score (nSPS) is 32.3. The first-order valence-electron chi connectivity index (χ1n) is 11.7. The smallest absolute Gasteiger partial charge is 0.419 e. The van der Waals surface area contributed by atoms with E-state index in [9.17, 15) is 9.59 Å². The summed E-state index contributed by atoms with van der Waals surface area (Å²) in [6, 6.07) is 0.123. The summed E-state index contributed by atoms with van der Waals surface area (Å²) < 4.78 is 23.0. The molecule has 0 saturated carbocycles. The van der Waals surface area contributed by atoms with Crippen molar-refractivity contribution in [1.29, 1.82) is 0 Å². The molecular formula is C24H24Cl2N4O6. The zero-order valence-electron chi connectivity index (χ0n) is 19.7. The molecular weight excluding hydrogens is 511 g/mol. The van der Waals surface area contributed by atoms with Crippen LogP contribution in [-0.4, -0.2) is 69.3 Å². The number of esters is 2. The number of rotatable bonds is 4. The van der Waals surface area contributed by atoms with Crippen LogP contribution in [0.1, 0.15) is 50.0 Å². The molecule has 0 radical (unpaired) electrons. The average Bonchev–Trinajstić information content (AvgIpc) is 3.62. The zero-order valence-corrected chi connectivity index (χ0v) is 21.2. The molecule has 12 heteroatoms. The summed E-state index contributed by atoms with van der Waals surface area (Å²) in [5.41, 5.74) is -1.55. The van der Waals surface area contributed by atoms with Crippen LogP contribution in [0.2, 0.25) is 0 Å². The molecule has 4 aliphatic heterocycles. The van der Waals surface area contributed by atoms with Crippen LogP contribution in [0.25, 0.3) is 11.1 Å². The first-order valence-corrected chi connectivity index (χ1v) is 12.5. The summed E-state index contributed by atoms with van der Waals surface area (Å²) in [5, 5.41) is 1.03. The number of hydrogen-bond acceptors (Lipinski definition) is 10. The molecule has 4 aliphatic rings. The summed E-state index contributed by atoms with van der Waals surface area (Å²) in [6.07, 6.45) is 9.12. The number of carbonyl (C=O) groups is 2. The average molecular weight is 535 g/mol. The third kappa shape index (κ3) is 3.31. The number of carbonyl (C=O) groups excluding carboxylic acids is 2. The van der Waals surface area contributed by atoms with Gasteiger partial charge in [0.2, 0.25) is 0 Å². The number of hydrogen-bond donors (Lipinski definition) is 0. The molecule has 0 amide bonds. The van der Waals surface area contributed by atoms with E-state index in [-0.39, 0.29) is 12.1 Å². The quantitative estimate of drug-likeness (QED) is 0.424. The number of likely N-dealkylation sites (N-methyl/N-ethyl adjacent to an activating group) is 2. The third-order valence-corrected chi connectivity index (χ3v) is 8.76. The van der Waals surface area contributed by atoms with E-state index in [4.69, 9.17) is 41.5 Å². The fourth-order valence-electron chi connectivity index (χ4n) is 6.25. The first-order chi connectivity index (χ1) is 17.3. The van der Waals surface area contributed by atoms with E-state index in [2.05, 4.69) is 9.97 Å². The Labute approximate surface area is 216 Å². The van der Waals surface area contributed by atoms with Crippen molar-refractivity contribution in [3.05, 3.63) is 46.8 Å². The highest BCUT2D eigenvalue weighted by atomic mass is 35.5. The first kappa shape index (κ1) is 23.7. The van der Waals surface area contributed by atoms with Crippen LogP contribution in [0.3, 0.4) is 0 Å². The molecule has 0 aromatic carbocycles. The van der Waals surface area contributed by atoms with Gasteiger partial charge in [-0.25, -0.2) is 19.6 Å². The molecule has 2 fully saturated rings. The molecule has 6 heterocycles. The Morgan fingerprint density at radius 2 is 1.28 bits per heavy atom. The van der Waals surface area contributed by atoms with E-state index in [0.29, 0.717) is 58.4 Å². The predicted octanol–water partition coefficient (Wildman–Crippen LogP) is 3.74. The Morgan fingerprint density at radius 3 is 1.64 bits per heavy atom. The third-order valence-electron chi connectivity index (χ3n) is 8.07. The number of nitrogens with zero attached hydrogens (tertiary/aromatic N) is 4. The van der Waals surface area contributed by atoms with Crippen molar-refractivity contribution in [3.63, 3.8) is 0 Å². The second kappa shape index (κ2) is 8.44. The van der Waals surface area contributed by atoms with Crippen LogP contribution in [0.5, 0.6) is 0 Å². The minimum absolute atomic E-state index is 0.0615. The van der Waals surface area contributed by atoms with Crippen LogP contribution < -0.4 is 0 Å². The summed E-state index contributed by atoms with van der Waals surface area (Å²) in [4.78, 5) is 38.5. The molecule has 0 N–H and O–H groups in total. The Morgan fingerprint density at radius 1 is 0.861 bits per heavy atom. The maximum Gasteiger partial charge on any atom is 0.419 e. The molecule has 2 aromatic heterocycles. The van der Waals surface area contributed by atoms with E-state index in [1.165, 1.54) is 25.2 Å². The van der Waals surface area contributed by atoms with Crippen molar-refractivity contribution in [3.8, 4) is 0 Å². The lowest BCUT2D eigenvalue weighted by Crippen LogP contribution is -2.55. The van der Waals surface area contributed by atoms with Gasteiger partial charge in [-0.1, -0.05) is 23.2 Å². The molecule has 2 saturated heterocycles. The molecule has 36 heavy (non-hydrogen) atoms. The molecule has 4 bridgehead atoms. The van der Waals surface area contributed by atoms with Crippen LogP contribution >= 0.6 is 23.2 Å². The molecule has 0 aliphatic carbocycles. The second-order valence-electron chi connectivity index (χ2n) is 9.65. The van der Waals surface area contributed by atoms with Gasteiger partial charge in [0.1, 0.15) is 0 Å².